The van der Waals surface area contributed by atoms with Gasteiger partial charge in [0.2, 0.25) is 0 Å². The number of nitrogens with zero attached hydrogens (tertiary/aromatic N) is 2. The van der Waals surface area contributed by atoms with Crippen LogP contribution in [0.2, 0.25) is 0 Å². The monoisotopic (exact) mass is 183 g/mol. The maximum absolute atomic E-state index is 5.65. The molecule has 1 rings (SSSR count). The zero-order valence-corrected chi connectivity index (χ0v) is 8.45. The van der Waals surface area contributed by atoms with E-state index in [1.54, 1.807) is 0 Å². The first kappa shape index (κ1) is 10.1. The van der Waals surface area contributed by atoms with E-state index in [1.165, 1.54) is 0 Å². The molecule has 0 fully saturated rings. The Balaban J connectivity index is 2.40. The summed E-state index contributed by atoms with van der Waals surface area (Å²) in [5.74, 6) is 0.560. The van der Waals surface area contributed by atoms with Crippen molar-refractivity contribution in [3.63, 3.8) is 0 Å². The van der Waals surface area contributed by atoms with Crippen LogP contribution in [0.3, 0.4) is 0 Å². The second kappa shape index (κ2) is 4.28. The minimum Gasteiger partial charge on any atom is -0.377 e. The fourth-order valence-electron chi connectivity index (χ4n) is 1.13. The number of nitrogen functional groups attached to an aromatic ring is 1. The number of imidazole rings is 1. The van der Waals surface area contributed by atoms with Crippen molar-refractivity contribution in [3.8, 4) is 0 Å². The van der Waals surface area contributed by atoms with Crippen LogP contribution in [0.15, 0.2) is 6.20 Å². The minimum atomic E-state index is 0.269. The number of nitrogens with two attached hydrogens (primary N) is 1. The lowest BCUT2D eigenvalue weighted by Gasteiger charge is -2.08. The van der Waals surface area contributed by atoms with E-state index in [9.17, 15) is 0 Å². The van der Waals surface area contributed by atoms with Gasteiger partial charge < -0.3 is 15.0 Å². The molecule has 1 aromatic rings. The van der Waals surface area contributed by atoms with Gasteiger partial charge in [-0.15, -0.1) is 0 Å². The van der Waals surface area contributed by atoms with Crippen molar-refractivity contribution in [1.29, 1.82) is 0 Å². The van der Waals surface area contributed by atoms with Gasteiger partial charge in [-0.1, -0.05) is 0 Å². The van der Waals surface area contributed by atoms with Gasteiger partial charge >= 0.3 is 0 Å². The maximum Gasteiger partial charge on any atom is 0.200 e. The summed E-state index contributed by atoms with van der Waals surface area (Å²) in [5.41, 5.74) is 6.60. The molecule has 1 aromatic heterocycles. The highest BCUT2D eigenvalue weighted by Gasteiger charge is 2.01. The van der Waals surface area contributed by atoms with E-state index < -0.39 is 0 Å². The third-order valence-corrected chi connectivity index (χ3v) is 1.71. The topological polar surface area (TPSA) is 53.1 Å². The SMILES string of the molecule is Cc1cn(CCOC(C)C)c(N)n1. The van der Waals surface area contributed by atoms with E-state index >= 15 is 0 Å². The lowest BCUT2D eigenvalue weighted by Crippen LogP contribution is -2.11. The van der Waals surface area contributed by atoms with Crippen LogP contribution in [0.1, 0.15) is 19.5 Å². The molecule has 0 aliphatic heterocycles. The quantitative estimate of drug-likeness (QED) is 0.763. The Bertz CT molecular complexity index is 268. The molecule has 0 spiro atoms. The summed E-state index contributed by atoms with van der Waals surface area (Å²) >= 11 is 0. The second-order valence-electron chi connectivity index (χ2n) is 3.35. The van der Waals surface area contributed by atoms with Gasteiger partial charge in [-0.3, -0.25) is 0 Å². The third-order valence-electron chi connectivity index (χ3n) is 1.71. The fourth-order valence-corrected chi connectivity index (χ4v) is 1.13. The van der Waals surface area contributed by atoms with Crippen molar-refractivity contribution in [2.45, 2.75) is 33.4 Å². The van der Waals surface area contributed by atoms with Crippen molar-refractivity contribution in [2.24, 2.45) is 0 Å². The summed E-state index contributed by atoms with van der Waals surface area (Å²) in [6.45, 7) is 7.41. The number of hydrogen-bond donors (Lipinski definition) is 1. The molecule has 0 bridgehead atoms. The summed E-state index contributed by atoms with van der Waals surface area (Å²) < 4.78 is 7.31. The average Bonchev–Trinajstić information content (AvgIpc) is 2.29. The van der Waals surface area contributed by atoms with Crippen molar-refractivity contribution < 1.29 is 4.74 Å². The van der Waals surface area contributed by atoms with Crippen molar-refractivity contribution in [3.05, 3.63) is 11.9 Å². The molecular formula is C9H17N3O. The van der Waals surface area contributed by atoms with E-state index in [0.717, 1.165) is 12.2 Å². The van der Waals surface area contributed by atoms with E-state index in [0.29, 0.717) is 12.6 Å². The zero-order valence-electron chi connectivity index (χ0n) is 8.45. The second-order valence-corrected chi connectivity index (χ2v) is 3.35. The first-order chi connectivity index (χ1) is 6.09. The third kappa shape index (κ3) is 3.06. The molecule has 0 aromatic carbocycles. The summed E-state index contributed by atoms with van der Waals surface area (Å²) in [6.07, 6.45) is 2.20. The normalized spacial score (nSPS) is 11.1. The van der Waals surface area contributed by atoms with Crippen molar-refractivity contribution in [1.82, 2.24) is 9.55 Å². The molecule has 0 atom stereocenters. The smallest absolute Gasteiger partial charge is 0.200 e. The van der Waals surface area contributed by atoms with E-state index in [-0.39, 0.29) is 6.10 Å². The summed E-state index contributed by atoms with van der Waals surface area (Å²) in [4.78, 5) is 4.09. The van der Waals surface area contributed by atoms with Crippen LogP contribution in [-0.2, 0) is 11.3 Å². The van der Waals surface area contributed by atoms with Crippen LogP contribution < -0.4 is 5.73 Å². The predicted octanol–water partition coefficient (Wildman–Crippen LogP) is 1.20. The van der Waals surface area contributed by atoms with Crippen LogP contribution in [0, 0.1) is 6.92 Å². The van der Waals surface area contributed by atoms with Crippen LogP contribution in [0.5, 0.6) is 0 Å². The molecule has 0 amide bonds. The van der Waals surface area contributed by atoms with Gasteiger partial charge in [-0.2, -0.15) is 0 Å². The summed E-state index contributed by atoms with van der Waals surface area (Å²) in [5, 5.41) is 0. The summed E-state index contributed by atoms with van der Waals surface area (Å²) in [7, 11) is 0. The van der Waals surface area contributed by atoms with E-state index in [2.05, 4.69) is 4.98 Å². The molecule has 0 saturated carbocycles. The standard InChI is InChI=1S/C9H17N3O/c1-7(2)13-5-4-12-6-8(3)11-9(12)10/h6-7H,4-5H2,1-3H3,(H2,10,11). The van der Waals surface area contributed by atoms with Crippen LogP contribution in [0.25, 0.3) is 0 Å². The van der Waals surface area contributed by atoms with E-state index in [1.807, 2.05) is 31.5 Å². The number of rotatable bonds is 4. The fraction of sp³-hybridized carbons (Fsp3) is 0.667. The van der Waals surface area contributed by atoms with Gasteiger partial charge in [0.05, 0.1) is 18.4 Å². The Morgan fingerprint density at radius 2 is 2.31 bits per heavy atom. The van der Waals surface area contributed by atoms with Gasteiger partial charge in [0, 0.05) is 12.7 Å². The van der Waals surface area contributed by atoms with Crippen molar-refractivity contribution in [2.75, 3.05) is 12.3 Å². The maximum atomic E-state index is 5.65. The highest BCUT2D eigenvalue weighted by atomic mass is 16.5. The van der Waals surface area contributed by atoms with Gasteiger partial charge in [0.1, 0.15) is 0 Å². The Morgan fingerprint density at radius 1 is 1.62 bits per heavy atom. The van der Waals surface area contributed by atoms with Gasteiger partial charge in [0.25, 0.3) is 0 Å². The molecule has 0 saturated heterocycles. The Hall–Kier alpha value is -1.03. The van der Waals surface area contributed by atoms with Gasteiger partial charge in [0.15, 0.2) is 5.95 Å². The molecule has 0 aliphatic carbocycles. The lowest BCUT2D eigenvalue weighted by molar-refractivity contribution is 0.0730. The minimum absolute atomic E-state index is 0.269. The molecule has 0 unspecified atom stereocenters. The van der Waals surface area contributed by atoms with Gasteiger partial charge in [-0.05, 0) is 20.8 Å². The number of aryl methyl sites for hydroxylation is 1. The molecule has 4 heteroatoms. The number of anilines is 1. The highest BCUT2D eigenvalue weighted by molar-refractivity contribution is 5.20. The van der Waals surface area contributed by atoms with Crippen LogP contribution in [-0.4, -0.2) is 22.3 Å². The number of hydrogen-bond acceptors (Lipinski definition) is 3. The molecule has 1 heterocycles. The average molecular weight is 183 g/mol. The largest absolute Gasteiger partial charge is 0.377 e. The Kier molecular flexibility index (Phi) is 3.31. The van der Waals surface area contributed by atoms with Crippen molar-refractivity contribution >= 4 is 5.95 Å². The Labute approximate surface area is 78.7 Å². The molecule has 13 heavy (non-hydrogen) atoms. The molecule has 4 nitrogen and oxygen atoms in total. The molecule has 74 valence electrons. The molecule has 2 N–H and O–H groups in total. The molecule has 0 aliphatic rings. The summed E-state index contributed by atoms with van der Waals surface area (Å²) in [6, 6.07) is 0. The first-order valence-corrected chi connectivity index (χ1v) is 4.50. The Morgan fingerprint density at radius 3 is 2.77 bits per heavy atom. The number of aromatic nitrogens is 2. The lowest BCUT2D eigenvalue weighted by atomic mass is 10.5. The predicted molar refractivity (Wildman–Crippen MR) is 52.5 cm³/mol. The van der Waals surface area contributed by atoms with Crippen LogP contribution >= 0.6 is 0 Å². The molecule has 0 radical (unpaired) electrons. The van der Waals surface area contributed by atoms with E-state index in [4.69, 9.17) is 10.5 Å². The first-order valence-electron chi connectivity index (χ1n) is 4.50. The molecular weight excluding hydrogens is 166 g/mol. The highest BCUT2D eigenvalue weighted by Crippen LogP contribution is 2.03. The zero-order chi connectivity index (χ0) is 9.84. The van der Waals surface area contributed by atoms with Gasteiger partial charge in [-0.25, -0.2) is 4.98 Å². The van der Waals surface area contributed by atoms with Crippen LogP contribution in [0.4, 0.5) is 5.95 Å². The number of ether oxygens (including phenoxy) is 1.